The number of phenols is 1. The highest BCUT2D eigenvalue weighted by Gasteiger charge is 2.02. The first-order valence-corrected chi connectivity index (χ1v) is 7.82. The van der Waals surface area contributed by atoms with Crippen molar-refractivity contribution >= 4 is 17.6 Å². The molecule has 1 aromatic heterocycles. The lowest BCUT2D eigenvalue weighted by Gasteiger charge is -2.05. The summed E-state index contributed by atoms with van der Waals surface area (Å²) in [7, 11) is 0. The van der Waals surface area contributed by atoms with Crippen LogP contribution in [0.1, 0.15) is 18.2 Å². The first-order chi connectivity index (χ1) is 10.7. The number of phenolic OH excluding ortho intramolecular Hbond substituents is 1. The topological polar surface area (TPSA) is 59.1 Å². The number of rotatable bonds is 6. The van der Waals surface area contributed by atoms with Crippen molar-refractivity contribution in [1.82, 2.24) is 4.57 Å². The molecule has 0 aliphatic heterocycles. The SMILES string of the molecule is C=CCn1c(C)cs/c1=N\N=C\c1ccc(O)c(OCC)c1. The second kappa shape index (κ2) is 7.61. The van der Waals surface area contributed by atoms with Crippen molar-refractivity contribution in [2.75, 3.05) is 6.61 Å². The van der Waals surface area contributed by atoms with Gasteiger partial charge in [-0.2, -0.15) is 5.10 Å². The standard InChI is InChI=1S/C16H19N3O2S/c1-4-8-19-12(3)11-22-16(19)18-17-10-13-6-7-14(20)15(9-13)21-5-2/h4,6-7,9-11,20H,1,5,8H2,2-3H3/b17-10+,18-16-. The van der Waals surface area contributed by atoms with Crippen molar-refractivity contribution in [1.29, 1.82) is 0 Å². The molecule has 1 N–H and O–H groups in total. The van der Waals surface area contributed by atoms with Crippen molar-refractivity contribution in [2.45, 2.75) is 20.4 Å². The predicted molar refractivity (Wildman–Crippen MR) is 89.7 cm³/mol. The van der Waals surface area contributed by atoms with Gasteiger partial charge in [0, 0.05) is 17.6 Å². The molecule has 5 nitrogen and oxygen atoms in total. The number of ether oxygens (including phenoxy) is 1. The van der Waals surface area contributed by atoms with Crippen LogP contribution in [0.3, 0.4) is 0 Å². The molecule has 0 aliphatic carbocycles. The normalized spacial score (nSPS) is 12.0. The number of allylic oxidation sites excluding steroid dienone is 1. The lowest BCUT2D eigenvalue weighted by molar-refractivity contribution is 0.318. The fourth-order valence-corrected chi connectivity index (χ4v) is 2.72. The minimum Gasteiger partial charge on any atom is -0.504 e. The molecular formula is C16H19N3O2S. The second-order valence-corrected chi connectivity index (χ2v) is 5.40. The average Bonchev–Trinajstić information content (AvgIpc) is 2.84. The van der Waals surface area contributed by atoms with Crippen LogP contribution in [0, 0.1) is 6.92 Å². The maximum Gasteiger partial charge on any atom is 0.211 e. The van der Waals surface area contributed by atoms with Gasteiger partial charge in [0.15, 0.2) is 11.5 Å². The number of thiazole rings is 1. The van der Waals surface area contributed by atoms with Gasteiger partial charge in [-0.05, 0) is 37.6 Å². The van der Waals surface area contributed by atoms with Gasteiger partial charge in [-0.3, -0.25) is 0 Å². The summed E-state index contributed by atoms with van der Waals surface area (Å²) in [5.41, 5.74) is 1.94. The van der Waals surface area contributed by atoms with Gasteiger partial charge in [0.1, 0.15) is 0 Å². The van der Waals surface area contributed by atoms with Crippen LogP contribution in [0.5, 0.6) is 11.5 Å². The highest BCUT2D eigenvalue weighted by atomic mass is 32.1. The monoisotopic (exact) mass is 317 g/mol. The van der Waals surface area contributed by atoms with Crippen LogP contribution in [0.2, 0.25) is 0 Å². The van der Waals surface area contributed by atoms with Gasteiger partial charge in [0.05, 0.1) is 12.8 Å². The van der Waals surface area contributed by atoms with Crippen LogP contribution < -0.4 is 9.54 Å². The fraction of sp³-hybridized carbons (Fsp3) is 0.250. The zero-order chi connectivity index (χ0) is 15.9. The Kier molecular flexibility index (Phi) is 5.55. The van der Waals surface area contributed by atoms with E-state index in [9.17, 15) is 5.11 Å². The van der Waals surface area contributed by atoms with Crippen LogP contribution in [0.4, 0.5) is 0 Å². The van der Waals surface area contributed by atoms with Crippen LogP contribution in [0.25, 0.3) is 0 Å². The average molecular weight is 317 g/mol. The molecule has 0 saturated carbocycles. The smallest absolute Gasteiger partial charge is 0.211 e. The number of hydrogen-bond donors (Lipinski definition) is 1. The Morgan fingerprint density at radius 1 is 1.45 bits per heavy atom. The first-order valence-electron chi connectivity index (χ1n) is 6.94. The zero-order valence-electron chi connectivity index (χ0n) is 12.7. The van der Waals surface area contributed by atoms with E-state index in [-0.39, 0.29) is 5.75 Å². The van der Waals surface area contributed by atoms with E-state index in [0.29, 0.717) is 18.9 Å². The highest BCUT2D eigenvalue weighted by Crippen LogP contribution is 2.26. The molecule has 2 aromatic rings. The van der Waals surface area contributed by atoms with Crippen molar-refractivity contribution in [3.05, 3.63) is 52.3 Å². The molecule has 1 aromatic carbocycles. The van der Waals surface area contributed by atoms with E-state index in [1.807, 2.05) is 29.9 Å². The van der Waals surface area contributed by atoms with Gasteiger partial charge in [-0.1, -0.05) is 6.08 Å². The quantitative estimate of drug-likeness (QED) is 0.505. The van der Waals surface area contributed by atoms with Crippen LogP contribution >= 0.6 is 11.3 Å². The molecule has 0 unspecified atom stereocenters. The summed E-state index contributed by atoms with van der Waals surface area (Å²) in [4.78, 5) is 0.817. The van der Waals surface area contributed by atoms with Gasteiger partial charge in [-0.15, -0.1) is 23.0 Å². The van der Waals surface area contributed by atoms with Gasteiger partial charge in [-0.25, -0.2) is 0 Å². The Labute approximate surface area is 133 Å². The third-order valence-corrected chi connectivity index (χ3v) is 3.91. The van der Waals surface area contributed by atoms with Crippen molar-refractivity contribution in [2.24, 2.45) is 10.2 Å². The first kappa shape index (κ1) is 16.0. The van der Waals surface area contributed by atoms with Gasteiger partial charge in [0.25, 0.3) is 0 Å². The van der Waals surface area contributed by atoms with Crippen LogP contribution in [0.15, 0.2) is 46.4 Å². The van der Waals surface area contributed by atoms with Crippen LogP contribution in [-0.4, -0.2) is 22.5 Å². The highest BCUT2D eigenvalue weighted by molar-refractivity contribution is 7.07. The lowest BCUT2D eigenvalue weighted by Crippen LogP contribution is -2.14. The fourth-order valence-electron chi connectivity index (χ4n) is 1.87. The molecule has 2 rings (SSSR count). The molecule has 0 fully saturated rings. The summed E-state index contributed by atoms with van der Waals surface area (Å²) < 4.78 is 7.38. The minimum atomic E-state index is 0.119. The van der Waals surface area contributed by atoms with Gasteiger partial charge in [0.2, 0.25) is 4.80 Å². The summed E-state index contributed by atoms with van der Waals surface area (Å²) in [6.07, 6.45) is 3.46. The molecule has 6 heteroatoms. The molecule has 0 saturated heterocycles. The van der Waals surface area contributed by atoms with Gasteiger partial charge >= 0.3 is 0 Å². The molecule has 0 atom stereocenters. The third-order valence-electron chi connectivity index (χ3n) is 2.94. The van der Waals surface area contributed by atoms with E-state index in [1.165, 1.54) is 11.3 Å². The zero-order valence-corrected chi connectivity index (χ0v) is 13.5. The van der Waals surface area contributed by atoms with E-state index >= 15 is 0 Å². The molecule has 0 spiro atoms. The Morgan fingerprint density at radius 2 is 2.27 bits per heavy atom. The second-order valence-electron chi connectivity index (χ2n) is 4.56. The number of benzene rings is 1. The number of aromatic nitrogens is 1. The molecule has 1 heterocycles. The van der Waals surface area contributed by atoms with Crippen molar-refractivity contribution in [3.63, 3.8) is 0 Å². The van der Waals surface area contributed by atoms with E-state index in [0.717, 1.165) is 16.1 Å². The summed E-state index contributed by atoms with van der Waals surface area (Å²) >= 11 is 1.54. The predicted octanol–water partition coefficient (Wildman–Crippen LogP) is 3.08. The molecule has 0 radical (unpaired) electrons. The summed E-state index contributed by atoms with van der Waals surface area (Å²) in [5.74, 6) is 0.564. The number of aryl methyl sites for hydroxylation is 1. The molecular weight excluding hydrogens is 298 g/mol. The summed E-state index contributed by atoms with van der Waals surface area (Å²) in [6.45, 7) is 8.84. The Hall–Kier alpha value is -2.34. The summed E-state index contributed by atoms with van der Waals surface area (Å²) in [5, 5.41) is 20.1. The molecule has 116 valence electrons. The van der Waals surface area contributed by atoms with Crippen molar-refractivity contribution < 1.29 is 9.84 Å². The van der Waals surface area contributed by atoms with E-state index in [2.05, 4.69) is 16.8 Å². The van der Waals surface area contributed by atoms with Gasteiger partial charge < -0.3 is 14.4 Å². The molecule has 22 heavy (non-hydrogen) atoms. The number of aromatic hydroxyl groups is 1. The van der Waals surface area contributed by atoms with E-state index in [1.54, 1.807) is 24.4 Å². The Balaban J connectivity index is 2.24. The van der Waals surface area contributed by atoms with Crippen molar-refractivity contribution in [3.8, 4) is 11.5 Å². The lowest BCUT2D eigenvalue weighted by atomic mass is 10.2. The largest absolute Gasteiger partial charge is 0.504 e. The Bertz CT molecular complexity index is 744. The Morgan fingerprint density at radius 3 is 3.00 bits per heavy atom. The maximum atomic E-state index is 9.66. The molecule has 0 aliphatic rings. The third kappa shape index (κ3) is 3.85. The minimum absolute atomic E-state index is 0.119. The molecule has 0 amide bonds. The molecule has 0 bridgehead atoms. The van der Waals surface area contributed by atoms with E-state index < -0.39 is 0 Å². The van der Waals surface area contributed by atoms with E-state index in [4.69, 9.17) is 4.74 Å². The van der Waals surface area contributed by atoms with Crippen LogP contribution in [-0.2, 0) is 6.54 Å². The summed E-state index contributed by atoms with van der Waals surface area (Å²) in [6, 6.07) is 5.07. The number of nitrogens with zero attached hydrogens (tertiary/aromatic N) is 3. The number of hydrogen-bond acceptors (Lipinski definition) is 5. The maximum absolute atomic E-state index is 9.66.